The maximum atomic E-state index is 5.51. The summed E-state index contributed by atoms with van der Waals surface area (Å²) in [6.07, 6.45) is 1.27. The molecule has 0 aromatic rings. The van der Waals surface area contributed by atoms with E-state index in [0.29, 0.717) is 6.42 Å². The molecule has 0 rings (SSSR count). The molecule has 0 saturated carbocycles. The minimum Gasteiger partial charge on any atom is -0.328 e. The summed E-state index contributed by atoms with van der Waals surface area (Å²) in [5.41, 5.74) is 5.51. The average Bonchev–Trinajstić information content (AvgIpc) is 1.62. The molecule has 1 atom stereocenters. The second-order valence-corrected chi connectivity index (χ2v) is 4.50. The molecule has 1 unspecified atom stereocenters. The second-order valence-electron chi connectivity index (χ2n) is 1.99. The van der Waals surface area contributed by atoms with Crippen molar-refractivity contribution in [2.24, 2.45) is 5.73 Å². The fourth-order valence-corrected chi connectivity index (χ4v) is 1.04. The molecule has 0 amide bonds. The molecule has 2 N–H and O–H groups in total. The Kier molecular flexibility index (Phi) is 7.85. The fraction of sp³-hybridized carbons (Fsp3) is 1.00. The van der Waals surface area contributed by atoms with Crippen molar-refractivity contribution in [1.29, 1.82) is 0 Å². The van der Waals surface area contributed by atoms with Crippen molar-refractivity contribution in [2.45, 2.75) is 29.6 Å². The van der Waals surface area contributed by atoms with Crippen LogP contribution in [0.5, 0.6) is 0 Å². The van der Waals surface area contributed by atoms with E-state index in [-0.39, 0.29) is 18.4 Å². The molecule has 0 aliphatic heterocycles. The smallest absolute Gasteiger partial charge is 0.192 e. The Labute approximate surface area is 82.6 Å². The Morgan fingerprint density at radius 2 is 1.80 bits per heavy atom. The van der Waals surface area contributed by atoms with Crippen LogP contribution in [0.2, 0.25) is 0 Å². The van der Waals surface area contributed by atoms with Gasteiger partial charge in [0.2, 0.25) is 0 Å². The van der Waals surface area contributed by atoms with Gasteiger partial charge in [0, 0.05) is 12.5 Å². The number of halogens is 4. The summed E-state index contributed by atoms with van der Waals surface area (Å²) in [5, 5.41) is 0. The zero-order valence-electron chi connectivity index (χ0n) is 5.61. The van der Waals surface area contributed by atoms with E-state index in [9.17, 15) is 0 Å². The summed E-state index contributed by atoms with van der Waals surface area (Å²) in [6.45, 7) is 1.96. The molecule has 0 aromatic carbocycles. The molecule has 0 radical (unpaired) electrons. The van der Waals surface area contributed by atoms with Crippen LogP contribution in [0.15, 0.2) is 0 Å². The molecule has 0 fully saturated rings. The van der Waals surface area contributed by atoms with Gasteiger partial charge in [-0.1, -0.05) is 41.7 Å². The maximum absolute atomic E-state index is 5.51. The van der Waals surface area contributed by atoms with Gasteiger partial charge in [0.15, 0.2) is 3.79 Å². The summed E-state index contributed by atoms with van der Waals surface area (Å²) in [5.74, 6) is 0. The lowest BCUT2D eigenvalue weighted by molar-refractivity contribution is 0.605. The van der Waals surface area contributed by atoms with E-state index in [1.807, 2.05) is 6.92 Å². The molecule has 5 heteroatoms. The third-order valence-corrected chi connectivity index (χ3v) is 1.48. The van der Waals surface area contributed by atoms with Gasteiger partial charge in [-0.25, -0.2) is 0 Å². The monoisotopic (exact) mass is 225 g/mol. The highest BCUT2D eigenvalue weighted by molar-refractivity contribution is 6.67. The lowest BCUT2D eigenvalue weighted by Gasteiger charge is -2.14. The lowest BCUT2D eigenvalue weighted by Crippen LogP contribution is -2.24. The number of hydrogen-bond donors (Lipinski definition) is 1. The van der Waals surface area contributed by atoms with Crippen molar-refractivity contribution in [2.75, 3.05) is 0 Å². The normalized spacial score (nSPS) is 14.1. The first-order valence-corrected chi connectivity index (χ1v) is 3.91. The van der Waals surface area contributed by atoms with Crippen molar-refractivity contribution >= 4 is 47.2 Å². The van der Waals surface area contributed by atoms with Crippen LogP contribution in [0.25, 0.3) is 0 Å². The number of alkyl halides is 3. The van der Waals surface area contributed by atoms with Crippen LogP contribution in [0.1, 0.15) is 19.8 Å². The molecule has 1 nitrogen and oxygen atoms in total. The van der Waals surface area contributed by atoms with Crippen LogP contribution < -0.4 is 5.73 Å². The van der Waals surface area contributed by atoms with E-state index in [2.05, 4.69) is 0 Å². The van der Waals surface area contributed by atoms with Gasteiger partial charge in [-0.2, -0.15) is 0 Å². The van der Waals surface area contributed by atoms with Crippen molar-refractivity contribution in [1.82, 2.24) is 0 Å². The van der Waals surface area contributed by atoms with E-state index in [1.54, 1.807) is 0 Å². The first-order chi connectivity index (χ1) is 3.95. The predicted molar refractivity (Wildman–Crippen MR) is 50.4 cm³/mol. The van der Waals surface area contributed by atoms with Crippen LogP contribution in [-0.2, 0) is 0 Å². The standard InChI is InChI=1S/C5H10Cl3N.ClH/c1-2-4(9)3-5(6,7)8;/h4H,2-3,9H2,1H3;1H. The molecule has 10 heavy (non-hydrogen) atoms. The Balaban J connectivity index is 0. The molecule has 64 valence electrons. The first-order valence-electron chi connectivity index (χ1n) is 2.78. The summed E-state index contributed by atoms with van der Waals surface area (Å²) in [4.78, 5) is 0. The van der Waals surface area contributed by atoms with Crippen molar-refractivity contribution in [3.8, 4) is 0 Å². The SMILES string of the molecule is CCC(N)CC(Cl)(Cl)Cl.Cl. The highest BCUT2D eigenvalue weighted by Crippen LogP contribution is 2.31. The van der Waals surface area contributed by atoms with Gasteiger partial charge in [0.05, 0.1) is 0 Å². The van der Waals surface area contributed by atoms with Crippen LogP contribution in [0.4, 0.5) is 0 Å². The van der Waals surface area contributed by atoms with Gasteiger partial charge in [-0.05, 0) is 6.42 Å². The van der Waals surface area contributed by atoms with Gasteiger partial charge in [-0.3, -0.25) is 0 Å². The van der Waals surface area contributed by atoms with Gasteiger partial charge in [0.25, 0.3) is 0 Å². The predicted octanol–water partition coefficient (Wildman–Crippen LogP) is 2.91. The van der Waals surface area contributed by atoms with Crippen LogP contribution >= 0.6 is 47.2 Å². The molecular formula is C5H11Cl4N. The van der Waals surface area contributed by atoms with E-state index in [4.69, 9.17) is 40.5 Å². The van der Waals surface area contributed by atoms with E-state index < -0.39 is 3.79 Å². The zero-order chi connectivity index (χ0) is 7.49. The molecular weight excluding hydrogens is 216 g/mol. The Morgan fingerprint density at radius 3 is 1.90 bits per heavy atom. The van der Waals surface area contributed by atoms with Crippen molar-refractivity contribution in [3.05, 3.63) is 0 Å². The number of hydrogen-bond acceptors (Lipinski definition) is 1. The van der Waals surface area contributed by atoms with Crippen LogP contribution in [0, 0.1) is 0 Å². The number of rotatable bonds is 2. The largest absolute Gasteiger partial charge is 0.328 e. The van der Waals surface area contributed by atoms with Crippen molar-refractivity contribution in [3.63, 3.8) is 0 Å². The van der Waals surface area contributed by atoms with E-state index in [0.717, 1.165) is 6.42 Å². The summed E-state index contributed by atoms with van der Waals surface area (Å²) >= 11 is 16.4. The molecule has 0 heterocycles. The minimum absolute atomic E-state index is 0. The molecule has 0 aliphatic rings. The van der Waals surface area contributed by atoms with Crippen LogP contribution in [0.3, 0.4) is 0 Å². The summed E-state index contributed by atoms with van der Waals surface area (Å²) < 4.78 is -1.19. The van der Waals surface area contributed by atoms with Gasteiger partial charge < -0.3 is 5.73 Å². The van der Waals surface area contributed by atoms with E-state index in [1.165, 1.54) is 0 Å². The summed E-state index contributed by atoms with van der Waals surface area (Å²) in [6, 6.07) is -0.00231. The van der Waals surface area contributed by atoms with E-state index >= 15 is 0 Å². The minimum atomic E-state index is -1.19. The topological polar surface area (TPSA) is 26.0 Å². The third-order valence-electron chi connectivity index (χ3n) is 1.02. The first kappa shape index (κ1) is 13.7. The quantitative estimate of drug-likeness (QED) is 0.721. The van der Waals surface area contributed by atoms with Gasteiger partial charge in [-0.15, -0.1) is 12.4 Å². The molecule has 0 bridgehead atoms. The molecule has 0 saturated heterocycles. The molecule has 0 aromatic heterocycles. The Hall–Kier alpha value is 1.12. The van der Waals surface area contributed by atoms with Gasteiger partial charge >= 0.3 is 0 Å². The van der Waals surface area contributed by atoms with Gasteiger partial charge in [0.1, 0.15) is 0 Å². The third kappa shape index (κ3) is 9.12. The second kappa shape index (κ2) is 5.73. The average molecular weight is 227 g/mol. The zero-order valence-corrected chi connectivity index (χ0v) is 8.70. The highest BCUT2D eigenvalue weighted by atomic mass is 35.6. The Bertz CT molecular complexity index is 80.2. The molecule has 0 aliphatic carbocycles. The summed E-state index contributed by atoms with van der Waals surface area (Å²) in [7, 11) is 0. The Morgan fingerprint density at radius 1 is 1.40 bits per heavy atom. The fourth-order valence-electron chi connectivity index (χ4n) is 0.442. The van der Waals surface area contributed by atoms with Crippen molar-refractivity contribution < 1.29 is 0 Å². The maximum Gasteiger partial charge on any atom is 0.192 e. The van der Waals surface area contributed by atoms with Crippen LogP contribution in [-0.4, -0.2) is 9.83 Å². The highest BCUT2D eigenvalue weighted by Gasteiger charge is 2.21. The number of nitrogens with two attached hydrogens (primary N) is 1. The molecule has 0 spiro atoms. The lowest BCUT2D eigenvalue weighted by atomic mass is 10.2.